The molecule has 0 amide bonds. The Morgan fingerprint density at radius 2 is 1.11 bits per heavy atom. The summed E-state index contributed by atoms with van der Waals surface area (Å²) in [6, 6.07) is 49.5. The fourth-order valence-corrected chi connectivity index (χ4v) is 10.7. The van der Waals surface area contributed by atoms with Crippen LogP contribution in [0.2, 0.25) is 5.02 Å². The lowest BCUT2D eigenvalue weighted by Gasteiger charge is -2.61. The van der Waals surface area contributed by atoms with Gasteiger partial charge in [0.1, 0.15) is 0 Å². The summed E-state index contributed by atoms with van der Waals surface area (Å²) in [4.78, 5) is 2.47. The van der Waals surface area contributed by atoms with Crippen LogP contribution in [-0.2, 0) is 5.41 Å². The Hall–Kier alpha value is -4.33. The highest BCUT2D eigenvalue weighted by Crippen LogP contribution is 2.69. The molecule has 0 heterocycles. The van der Waals surface area contributed by atoms with E-state index in [0.29, 0.717) is 11.8 Å². The van der Waals surface area contributed by atoms with Gasteiger partial charge in [-0.05, 0) is 148 Å². The van der Waals surface area contributed by atoms with Crippen LogP contribution < -0.4 is 4.90 Å². The highest BCUT2D eigenvalue weighted by molar-refractivity contribution is 6.31. The first-order valence-corrected chi connectivity index (χ1v) is 17.4. The molecule has 224 valence electrons. The number of anilines is 3. The summed E-state index contributed by atoms with van der Waals surface area (Å²) >= 11 is 6.71. The predicted octanol–water partition coefficient (Wildman–Crippen LogP) is 12.4. The highest BCUT2D eigenvalue weighted by Gasteiger charge is 2.61. The van der Waals surface area contributed by atoms with Gasteiger partial charge in [-0.3, -0.25) is 0 Å². The van der Waals surface area contributed by atoms with Crippen molar-refractivity contribution >= 4 is 39.4 Å². The van der Waals surface area contributed by atoms with Crippen molar-refractivity contribution in [3.8, 4) is 22.3 Å². The maximum Gasteiger partial charge on any atom is 0.0468 e. The Balaban J connectivity index is 1.17. The summed E-state index contributed by atoms with van der Waals surface area (Å²) in [6.07, 6.45) is 6.93. The van der Waals surface area contributed by atoms with Crippen LogP contribution in [0.1, 0.15) is 43.2 Å². The van der Waals surface area contributed by atoms with Crippen LogP contribution in [0.4, 0.5) is 17.1 Å². The molecule has 46 heavy (non-hydrogen) atoms. The molecule has 0 radical (unpaired) electrons. The summed E-state index contributed by atoms with van der Waals surface area (Å²) in [6.45, 7) is 0. The first-order valence-electron chi connectivity index (χ1n) is 17.0. The third-order valence-electron chi connectivity index (χ3n) is 12.1. The maximum atomic E-state index is 6.71. The van der Waals surface area contributed by atoms with Crippen LogP contribution in [0.5, 0.6) is 0 Å². The molecule has 5 aliphatic rings. The fourth-order valence-electron chi connectivity index (χ4n) is 10.5. The number of nitrogens with zero attached hydrogens (tertiary/aromatic N) is 1. The molecule has 0 unspecified atom stereocenters. The quantitative estimate of drug-likeness (QED) is 0.191. The molecule has 2 heteroatoms. The number of rotatable bonds is 4. The smallest absolute Gasteiger partial charge is 0.0468 e. The van der Waals surface area contributed by atoms with Gasteiger partial charge in [0.15, 0.2) is 0 Å². The Labute approximate surface area is 276 Å². The van der Waals surface area contributed by atoms with E-state index in [0.717, 1.165) is 16.9 Å². The van der Waals surface area contributed by atoms with Gasteiger partial charge in [0.25, 0.3) is 0 Å². The summed E-state index contributed by atoms with van der Waals surface area (Å²) in [5.41, 5.74) is 12.0. The molecule has 4 bridgehead atoms. The summed E-state index contributed by atoms with van der Waals surface area (Å²) in [5, 5.41) is 3.36. The number of hydrogen-bond donors (Lipinski definition) is 0. The molecule has 4 fully saturated rings. The molecule has 4 saturated carbocycles. The second kappa shape index (κ2) is 10.1. The number of benzene rings is 6. The number of fused-ring (bicyclic) bond motifs is 4. The molecule has 1 nitrogen and oxygen atoms in total. The molecule has 1 spiro atoms. The first kappa shape index (κ1) is 26.8. The molecule has 0 saturated heterocycles. The number of hydrogen-bond acceptors (Lipinski definition) is 1. The van der Waals surface area contributed by atoms with Crippen molar-refractivity contribution in [3.05, 3.63) is 150 Å². The van der Waals surface area contributed by atoms with Gasteiger partial charge in [-0.2, -0.15) is 0 Å². The normalized spacial score (nSPS) is 25.2. The maximum absolute atomic E-state index is 6.71. The van der Waals surface area contributed by atoms with E-state index in [1.54, 1.807) is 11.1 Å². The SMILES string of the molecule is Clc1ccc2c(c1)-c1ccc(N(c3ccc(-c4ccccc4)cc3)c3ccc4ccccc4c3)cc1C21C2CC3CC(C2)CC1C3. The summed E-state index contributed by atoms with van der Waals surface area (Å²) in [7, 11) is 0. The van der Waals surface area contributed by atoms with Crippen LogP contribution in [0, 0.1) is 23.7 Å². The van der Waals surface area contributed by atoms with Crippen molar-refractivity contribution in [2.75, 3.05) is 4.90 Å². The van der Waals surface area contributed by atoms with E-state index in [9.17, 15) is 0 Å². The van der Waals surface area contributed by atoms with E-state index in [2.05, 4.69) is 138 Å². The molecule has 11 rings (SSSR count). The van der Waals surface area contributed by atoms with Gasteiger partial charge in [0, 0.05) is 27.5 Å². The first-order chi connectivity index (χ1) is 22.6. The third kappa shape index (κ3) is 3.88. The van der Waals surface area contributed by atoms with E-state index < -0.39 is 0 Å². The van der Waals surface area contributed by atoms with Gasteiger partial charge in [0.05, 0.1) is 0 Å². The lowest BCUT2D eigenvalue weighted by atomic mass is 9.43. The van der Waals surface area contributed by atoms with Crippen molar-refractivity contribution in [3.63, 3.8) is 0 Å². The predicted molar refractivity (Wildman–Crippen MR) is 192 cm³/mol. The minimum absolute atomic E-state index is 0.0882. The van der Waals surface area contributed by atoms with E-state index in [1.165, 1.54) is 82.2 Å². The zero-order valence-electron chi connectivity index (χ0n) is 25.9. The van der Waals surface area contributed by atoms with Gasteiger partial charge in [-0.15, -0.1) is 0 Å². The zero-order chi connectivity index (χ0) is 30.4. The minimum atomic E-state index is 0.0882. The van der Waals surface area contributed by atoms with Crippen LogP contribution in [0.3, 0.4) is 0 Å². The Morgan fingerprint density at radius 3 is 1.87 bits per heavy atom. The third-order valence-corrected chi connectivity index (χ3v) is 12.3. The molecule has 0 aromatic heterocycles. The average molecular weight is 614 g/mol. The topological polar surface area (TPSA) is 3.24 Å². The lowest BCUT2D eigenvalue weighted by Crippen LogP contribution is -2.55. The summed E-state index contributed by atoms with van der Waals surface area (Å²) < 4.78 is 0. The molecule has 6 aromatic rings. The largest absolute Gasteiger partial charge is 0.310 e. The van der Waals surface area contributed by atoms with Crippen molar-refractivity contribution in [2.24, 2.45) is 23.7 Å². The van der Waals surface area contributed by atoms with Crippen LogP contribution in [0.15, 0.2) is 133 Å². The second-order valence-corrected chi connectivity index (χ2v) is 14.8. The molecular formula is C44H36ClN. The second-order valence-electron chi connectivity index (χ2n) is 14.4. The van der Waals surface area contributed by atoms with Crippen LogP contribution in [0.25, 0.3) is 33.0 Å². The van der Waals surface area contributed by atoms with Gasteiger partial charge >= 0.3 is 0 Å². The van der Waals surface area contributed by atoms with E-state index >= 15 is 0 Å². The lowest BCUT2D eigenvalue weighted by molar-refractivity contribution is -0.0399. The van der Waals surface area contributed by atoms with E-state index in [4.69, 9.17) is 11.6 Å². The summed E-state index contributed by atoms with van der Waals surface area (Å²) in [5.74, 6) is 3.24. The van der Waals surface area contributed by atoms with Crippen LogP contribution in [-0.4, -0.2) is 0 Å². The van der Waals surface area contributed by atoms with Gasteiger partial charge in [-0.25, -0.2) is 0 Å². The van der Waals surface area contributed by atoms with Gasteiger partial charge < -0.3 is 4.90 Å². The van der Waals surface area contributed by atoms with Crippen molar-refractivity contribution in [1.82, 2.24) is 0 Å². The fraction of sp³-hybridized carbons (Fsp3) is 0.227. The van der Waals surface area contributed by atoms with E-state index in [1.807, 2.05) is 0 Å². The molecule has 0 atom stereocenters. The molecule has 5 aliphatic carbocycles. The van der Waals surface area contributed by atoms with Crippen molar-refractivity contribution in [2.45, 2.75) is 37.5 Å². The number of halogens is 1. The zero-order valence-corrected chi connectivity index (χ0v) is 26.6. The Kier molecular flexibility index (Phi) is 5.88. The van der Waals surface area contributed by atoms with Gasteiger partial charge in [-0.1, -0.05) is 96.5 Å². The van der Waals surface area contributed by atoms with Crippen molar-refractivity contribution < 1.29 is 0 Å². The molecule has 6 aromatic carbocycles. The molecule has 0 aliphatic heterocycles. The Morgan fingerprint density at radius 1 is 0.478 bits per heavy atom. The highest BCUT2D eigenvalue weighted by atomic mass is 35.5. The van der Waals surface area contributed by atoms with Crippen LogP contribution >= 0.6 is 11.6 Å². The Bertz CT molecular complexity index is 2100. The standard InChI is InChI=1S/C44H36ClN/c45-36-13-19-42-41(26-36)40-18-17-39(27-43(40)44(42)34-21-28-20-29(23-34)24-35(44)22-28)46(38-16-12-31-8-4-5-9-33(31)25-38)37-14-10-32(11-15-37)30-6-2-1-3-7-30/h1-19,25-29,34-35H,20-24H2. The average Bonchev–Trinajstić information content (AvgIpc) is 3.37. The molecule has 0 N–H and O–H groups in total. The van der Waals surface area contributed by atoms with E-state index in [-0.39, 0.29) is 5.41 Å². The monoisotopic (exact) mass is 613 g/mol. The molecular weight excluding hydrogens is 578 g/mol. The minimum Gasteiger partial charge on any atom is -0.310 e. The van der Waals surface area contributed by atoms with Gasteiger partial charge in [0.2, 0.25) is 0 Å². The van der Waals surface area contributed by atoms with Crippen molar-refractivity contribution in [1.29, 1.82) is 0 Å².